The first kappa shape index (κ1) is 14.1. The average molecular weight is 264 g/mol. The summed E-state index contributed by atoms with van der Waals surface area (Å²) < 4.78 is 0. The Bertz CT molecular complexity index is 492. The highest BCUT2D eigenvalue weighted by atomic mass is 35.5. The summed E-state index contributed by atoms with van der Waals surface area (Å²) in [5.74, 6) is -1.01. The van der Waals surface area contributed by atoms with Crippen LogP contribution < -0.4 is 5.32 Å². The van der Waals surface area contributed by atoms with Gasteiger partial charge in [0, 0.05) is 23.3 Å². The predicted octanol–water partition coefficient (Wildman–Crippen LogP) is 3.14. The van der Waals surface area contributed by atoms with Gasteiger partial charge in [0.2, 0.25) is 0 Å². The highest BCUT2D eigenvalue weighted by molar-refractivity contribution is 6.31. The summed E-state index contributed by atoms with van der Waals surface area (Å²) in [5.41, 5.74) is 1.39. The maximum atomic E-state index is 10.6. The molecule has 0 aliphatic heterocycles. The van der Waals surface area contributed by atoms with E-state index in [4.69, 9.17) is 16.7 Å². The molecule has 2 N–H and O–H groups in total. The molecule has 0 atom stereocenters. The molecule has 0 saturated carbocycles. The molecule has 1 aromatic rings. The number of nitrogens with one attached hydrogen (secondary N) is 1. The van der Waals surface area contributed by atoms with Crippen molar-refractivity contribution in [1.29, 1.82) is 0 Å². The summed E-state index contributed by atoms with van der Waals surface area (Å²) in [4.78, 5) is 10.6. The van der Waals surface area contributed by atoms with Crippen LogP contribution in [0, 0.1) is 0 Å². The van der Waals surface area contributed by atoms with E-state index in [0.717, 1.165) is 11.6 Å². The van der Waals surface area contributed by atoms with Crippen molar-refractivity contribution in [3.8, 4) is 0 Å². The Labute approximate surface area is 111 Å². The van der Waals surface area contributed by atoms with Crippen molar-refractivity contribution in [3.63, 3.8) is 0 Å². The fourth-order valence-electron chi connectivity index (χ4n) is 1.30. The molecule has 0 unspecified atom stereocenters. The van der Waals surface area contributed by atoms with Crippen LogP contribution in [0.3, 0.4) is 0 Å². The zero-order valence-electron chi connectivity index (χ0n) is 9.77. The third kappa shape index (κ3) is 4.89. The number of carbonyl (C=O) groups is 1. The summed E-state index contributed by atoms with van der Waals surface area (Å²) in [5, 5.41) is 12.4. The summed E-state index contributed by atoms with van der Waals surface area (Å²) in [6, 6.07) is 7.39. The van der Waals surface area contributed by atoms with Crippen LogP contribution in [0.2, 0.25) is 5.02 Å². The van der Waals surface area contributed by atoms with Crippen LogP contribution >= 0.6 is 11.6 Å². The minimum absolute atomic E-state index is 0.459. The molecule has 0 saturated heterocycles. The molecule has 0 bridgehead atoms. The van der Waals surface area contributed by atoms with Crippen molar-refractivity contribution in [2.75, 3.05) is 0 Å². The maximum absolute atomic E-state index is 10.6. The topological polar surface area (TPSA) is 49.3 Å². The lowest BCUT2D eigenvalue weighted by Crippen LogP contribution is -2.13. The van der Waals surface area contributed by atoms with Crippen molar-refractivity contribution in [3.05, 3.63) is 71.4 Å². The second kappa shape index (κ2) is 7.35. The van der Waals surface area contributed by atoms with E-state index >= 15 is 0 Å². The van der Waals surface area contributed by atoms with E-state index < -0.39 is 5.97 Å². The summed E-state index contributed by atoms with van der Waals surface area (Å²) in [6.07, 6.45) is 5.97. The van der Waals surface area contributed by atoms with Gasteiger partial charge in [0.15, 0.2) is 0 Å². The van der Waals surface area contributed by atoms with E-state index in [1.165, 1.54) is 0 Å². The maximum Gasteiger partial charge on any atom is 0.330 e. The van der Waals surface area contributed by atoms with Crippen LogP contribution in [-0.4, -0.2) is 11.1 Å². The SMILES string of the molecule is C=C/C=C\C(=C\C(=O)O)NCc1ccccc1Cl. The van der Waals surface area contributed by atoms with Gasteiger partial charge in [0.1, 0.15) is 0 Å². The van der Waals surface area contributed by atoms with Gasteiger partial charge in [-0.3, -0.25) is 0 Å². The molecule has 0 spiro atoms. The first-order chi connectivity index (χ1) is 8.63. The van der Waals surface area contributed by atoms with Gasteiger partial charge in [-0.05, 0) is 17.7 Å². The Morgan fingerprint density at radius 1 is 1.44 bits per heavy atom. The number of halogens is 1. The zero-order valence-corrected chi connectivity index (χ0v) is 10.5. The lowest BCUT2D eigenvalue weighted by atomic mass is 10.2. The fraction of sp³-hybridized carbons (Fsp3) is 0.0714. The van der Waals surface area contributed by atoms with E-state index in [1.54, 1.807) is 24.3 Å². The van der Waals surface area contributed by atoms with Crippen molar-refractivity contribution in [2.24, 2.45) is 0 Å². The molecule has 0 aromatic heterocycles. The number of rotatable bonds is 6. The molecule has 0 heterocycles. The van der Waals surface area contributed by atoms with Crippen LogP contribution in [-0.2, 0) is 11.3 Å². The number of carboxylic acids is 1. The molecule has 3 nitrogen and oxygen atoms in total. The minimum Gasteiger partial charge on any atom is -0.478 e. The van der Waals surface area contributed by atoms with E-state index in [-0.39, 0.29) is 0 Å². The van der Waals surface area contributed by atoms with Gasteiger partial charge >= 0.3 is 5.97 Å². The number of benzene rings is 1. The normalized spacial score (nSPS) is 11.5. The highest BCUT2D eigenvalue weighted by Gasteiger charge is 2.00. The van der Waals surface area contributed by atoms with Crippen molar-refractivity contribution in [1.82, 2.24) is 5.32 Å². The van der Waals surface area contributed by atoms with Crippen molar-refractivity contribution >= 4 is 17.6 Å². The molecular weight excluding hydrogens is 250 g/mol. The Morgan fingerprint density at radius 3 is 2.78 bits per heavy atom. The molecule has 18 heavy (non-hydrogen) atoms. The molecule has 94 valence electrons. The largest absolute Gasteiger partial charge is 0.478 e. The van der Waals surface area contributed by atoms with Crippen molar-refractivity contribution in [2.45, 2.75) is 6.54 Å². The minimum atomic E-state index is -1.01. The Balaban J connectivity index is 2.74. The molecule has 0 aliphatic carbocycles. The third-order valence-corrected chi connectivity index (χ3v) is 2.50. The molecule has 0 radical (unpaired) electrons. The molecule has 4 heteroatoms. The van der Waals surface area contributed by atoms with E-state index in [1.807, 2.05) is 18.2 Å². The number of carboxylic acid groups (broad SMARTS) is 1. The predicted molar refractivity (Wildman–Crippen MR) is 73.3 cm³/mol. The summed E-state index contributed by atoms with van der Waals surface area (Å²) in [6.45, 7) is 3.99. The van der Waals surface area contributed by atoms with Crippen LogP contribution in [0.1, 0.15) is 5.56 Å². The van der Waals surface area contributed by atoms with E-state index in [9.17, 15) is 4.79 Å². The molecule has 1 rings (SSSR count). The molecule has 1 aromatic carbocycles. The van der Waals surface area contributed by atoms with E-state index in [0.29, 0.717) is 17.3 Å². The Kier molecular flexibility index (Phi) is 5.74. The lowest BCUT2D eigenvalue weighted by molar-refractivity contribution is -0.131. The zero-order chi connectivity index (χ0) is 13.4. The smallest absolute Gasteiger partial charge is 0.330 e. The lowest BCUT2D eigenvalue weighted by Gasteiger charge is -2.08. The third-order valence-electron chi connectivity index (χ3n) is 2.13. The Hall–Kier alpha value is -2.00. The first-order valence-electron chi connectivity index (χ1n) is 5.34. The highest BCUT2D eigenvalue weighted by Crippen LogP contribution is 2.14. The van der Waals surface area contributed by atoms with Crippen molar-refractivity contribution < 1.29 is 9.90 Å². The molecule has 0 fully saturated rings. The van der Waals surface area contributed by atoms with Crippen LogP contribution in [0.15, 0.2) is 60.8 Å². The second-order valence-corrected chi connectivity index (χ2v) is 3.88. The van der Waals surface area contributed by atoms with Gasteiger partial charge < -0.3 is 10.4 Å². The summed E-state index contributed by atoms with van der Waals surface area (Å²) in [7, 11) is 0. The van der Waals surface area contributed by atoms with Gasteiger partial charge in [-0.1, -0.05) is 48.5 Å². The monoisotopic (exact) mass is 263 g/mol. The molecule has 0 amide bonds. The number of hydrogen-bond acceptors (Lipinski definition) is 2. The van der Waals surface area contributed by atoms with Gasteiger partial charge in [-0.25, -0.2) is 4.79 Å². The number of hydrogen-bond donors (Lipinski definition) is 2. The van der Waals surface area contributed by atoms with Crippen LogP contribution in [0.5, 0.6) is 0 Å². The number of aliphatic carboxylic acids is 1. The standard InChI is InChI=1S/C14H14ClNO2/c1-2-3-7-12(9-14(17)18)16-10-11-6-4-5-8-13(11)15/h2-9,16H,1,10H2,(H,17,18)/b7-3-,12-9-. The second-order valence-electron chi connectivity index (χ2n) is 3.48. The van der Waals surface area contributed by atoms with Gasteiger partial charge in [-0.15, -0.1) is 0 Å². The summed E-state index contributed by atoms with van der Waals surface area (Å²) >= 11 is 6.01. The fourth-order valence-corrected chi connectivity index (χ4v) is 1.50. The first-order valence-corrected chi connectivity index (χ1v) is 5.72. The Morgan fingerprint density at radius 2 is 2.17 bits per heavy atom. The van der Waals surface area contributed by atoms with Crippen LogP contribution in [0.25, 0.3) is 0 Å². The van der Waals surface area contributed by atoms with Gasteiger partial charge in [0.05, 0.1) is 0 Å². The van der Waals surface area contributed by atoms with Gasteiger partial charge in [-0.2, -0.15) is 0 Å². The van der Waals surface area contributed by atoms with Gasteiger partial charge in [0.25, 0.3) is 0 Å². The van der Waals surface area contributed by atoms with E-state index in [2.05, 4.69) is 11.9 Å². The van der Waals surface area contributed by atoms with Crippen LogP contribution in [0.4, 0.5) is 0 Å². The number of allylic oxidation sites excluding steroid dienone is 3. The average Bonchev–Trinajstić information content (AvgIpc) is 2.34. The molecular formula is C14H14ClNO2. The molecule has 0 aliphatic rings. The quantitative estimate of drug-likeness (QED) is 0.612.